The molecule has 0 unspecified atom stereocenters. The summed E-state index contributed by atoms with van der Waals surface area (Å²) >= 11 is 0. The number of halogens is 3. The molecule has 138 valence electrons. The zero-order chi connectivity index (χ0) is 19.3. The fraction of sp³-hybridized carbons (Fsp3) is 0.211. The van der Waals surface area contributed by atoms with Crippen LogP contribution in [0.1, 0.15) is 21.5 Å². The Balaban J connectivity index is 2.29. The zero-order valence-electron chi connectivity index (χ0n) is 14.3. The number of hydrogen-bond donors (Lipinski definition) is 1. The van der Waals surface area contributed by atoms with E-state index >= 15 is 0 Å². The van der Waals surface area contributed by atoms with Gasteiger partial charge in [0.2, 0.25) is 0 Å². The summed E-state index contributed by atoms with van der Waals surface area (Å²) < 4.78 is 48.4. The lowest BCUT2D eigenvalue weighted by atomic mass is 10.0. The van der Waals surface area contributed by atoms with Crippen LogP contribution in [0.5, 0.6) is 11.5 Å². The van der Waals surface area contributed by atoms with Gasteiger partial charge in [-0.15, -0.1) is 6.58 Å². The first-order valence-electron chi connectivity index (χ1n) is 7.64. The lowest BCUT2D eigenvalue weighted by Gasteiger charge is -2.14. The molecule has 0 bridgehead atoms. The quantitative estimate of drug-likeness (QED) is 0.755. The van der Waals surface area contributed by atoms with E-state index < -0.39 is 17.6 Å². The number of hydrogen-bond acceptors (Lipinski definition) is 3. The molecule has 0 aliphatic rings. The van der Waals surface area contributed by atoms with Gasteiger partial charge in [0.15, 0.2) is 11.5 Å². The maximum absolute atomic E-state index is 12.6. The maximum atomic E-state index is 12.6. The Morgan fingerprint density at radius 3 is 2.31 bits per heavy atom. The predicted octanol–water partition coefficient (Wildman–Crippen LogP) is 4.70. The molecular weight excluding hydrogens is 347 g/mol. The molecule has 2 aromatic rings. The molecule has 0 spiro atoms. The summed E-state index contributed by atoms with van der Waals surface area (Å²) in [5, 5.41) is 2.57. The zero-order valence-corrected chi connectivity index (χ0v) is 14.3. The molecule has 1 N–H and O–H groups in total. The van der Waals surface area contributed by atoms with Crippen molar-refractivity contribution in [3.8, 4) is 11.5 Å². The Bertz CT molecular complexity index is 799. The molecule has 0 atom stereocenters. The van der Waals surface area contributed by atoms with E-state index in [9.17, 15) is 18.0 Å². The highest BCUT2D eigenvalue weighted by Crippen LogP contribution is 2.34. The summed E-state index contributed by atoms with van der Waals surface area (Å²) in [6, 6.07) is 7.35. The van der Waals surface area contributed by atoms with Gasteiger partial charge in [0.25, 0.3) is 5.91 Å². The van der Waals surface area contributed by atoms with Crippen LogP contribution >= 0.6 is 0 Å². The van der Waals surface area contributed by atoms with Crippen LogP contribution in [0.25, 0.3) is 0 Å². The molecule has 2 rings (SSSR count). The molecule has 2 aromatic carbocycles. The number of anilines is 1. The Kier molecular flexibility index (Phi) is 5.92. The van der Waals surface area contributed by atoms with Gasteiger partial charge in [-0.05, 0) is 42.8 Å². The lowest BCUT2D eigenvalue weighted by molar-refractivity contribution is -0.137. The third-order valence-corrected chi connectivity index (χ3v) is 3.65. The van der Waals surface area contributed by atoms with Crippen LogP contribution in [-0.2, 0) is 12.6 Å². The van der Waals surface area contributed by atoms with Crippen molar-refractivity contribution in [2.45, 2.75) is 12.6 Å². The summed E-state index contributed by atoms with van der Waals surface area (Å²) in [4.78, 5) is 12.5. The number of alkyl halides is 3. The number of nitrogens with one attached hydrogen (secondary N) is 1. The molecule has 0 heterocycles. The second kappa shape index (κ2) is 7.95. The van der Waals surface area contributed by atoms with Crippen LogP contribution < -0.4 is 14.8 Å². The first-order valence-corrected chi connectivity index (χ1v) is 7.64. The smallest absolute Gasteiger partial charge is 0.416 e. The van der Waals surface area contributed by atoms with Crippen molar-refractivity contribution in [3.63, 3.8) is 0 Å². The molecule has 0 aliphatic carbocycles. The van der Waals surface area contributed by atoms with E-state index in [1.54, 1.807) is 12.1 Å². The first kappa shape index (κ1) is 19.4. The standard InChI is InChI=1S/C19H18F3NO3/c1-4-5-12-10-13(11-16(25-2)17(12)26-3)18(24)23-15-8-6-14(7-9-15)19(20,21)22/h4,6-11H,1,5H2,2-3H3,(H,23,24). The van der Waals surface area contributed by atoms with Gasteiger partial charge >= 0.3 is 6.18 Å². The van der Waals surface area contributed by atoms with Crippen LogP contribution in [0, 0.1) is 0 Å². The fourth-order valence-electron chi connectivity index (χ4n) is 2.43. The summed E-state index contributed by atoms with van der Waals surface area (Å²) in [7, 11) is 2.94. The van der Waals surface area contributed by atoms with Gasteiger partial charge in [0.05, 0.1) is 19.8 Å². The molecule has 0 aliphatic heterocycles. The number of carbonyl (C=O) groups is 1. The molecule has 0 saturated carbocycles. The Morgan fingerprint density at radius 2 is 1.81 bits per heavy atom. The number of amides is 1. The molecule has 4 nitrogen and oxygen atoms in total. The van der Waals surface area contributed by atoms with Crippen molar-refractivity contribution >= 4 is 11.6 Å². The monoisotopic (exact) mass is 365 g/mol. The summed E-state index contributed by atoms with van der Waals surface area (Å²) in [6.45, 7) is 3.67. The SMILES string of the molecule is C=CCc1cc(C(=O)Nc2ccc(C(F)(F)F)cc2)cc(OC)c1OC. The van der Waals surface area contributed by atoms with Crippen LogP contribution in [0.15, 0.2) is 49.1 Å². The molecule has 0 fully saturated rings. The minimum atomic E-state index is -4.43. The first-order chi connectivity index (χ1) is 12.3. The van der Waals surface area contributed by atoms with Crippen LogP contribution in [0.3, 0.4) is 0 Å². The molecule has 0 aromatic heterocycles. The third kappa shape index (κ3) is 4.36. The highest BCUT2D eigenvalue weighted by Gasteiger charge is 2.30. The summed E-state index contributed by atoms with van der Waals surface area (Å²) in [6.07, 6.45) is -2.30. The molecule has 26 heavy (non-hydrogen) atoms. The molecule has 0 saturated heterocycles. The van der Waals surface area contributed by atoms with Gasteiger partial charge in [-0.2, -0.15) is 13.2 Å². The molecule has 0 radical (unpaired) electrons. The van der Waals surface area contributed by atoms with E-state index in [0.29, 0.717) is 29.0 Å². The molecular formula is C19H18F3NO3. The third-order valence-electron chi connectivity index (χ3n) is 3.65. The van der Waals surface area contributed by atoms with Gasteiger partial charge in [0, 0.05) is 16.8 Å². The second-order valence-corrected chi connectivity index (χ2v) is 5.39. The highest BCUT2D eigenvalue weighted by atomic mass is 19.4. The van der Waals surface area contributed by atoms with Gasteiger partial charge in [-0.25, -0.2) is 0 Å². The maximum Gasteiger partial charge on any atom is 0.416 e. The van der Waals surface area contributed by atoms with Gasteiger partial charge in [-0.3, -0.25) is 4.79 Å². The lowest BCUT2D eigenvalue weighted by Crippen LogP contribution is -2.13. The number of rotatable bonds is 6. The van der Waals surface area contributed by atoms with Gasteiger partial charge < -0.3 is 14.8 Å². The number of carbonyl (C=O) groups excluding carboxylic acids is 1. The van der Waals surface area contributed by atoms with Crippen LogP contribution in [-0.4, -0.2) is 20.1 Å². The van der Waals surface area contributed by atoms with E-state index in [2.05, 4.69) is 11.9 Å². The van der Waals surface area contributed by atoms with E-state index in [-0.39, 0.29) is 5.69 Å². The van der Waals surface area contributed by atoms with Gasteiger partial charge in [-0.1, -0.05) is 6.08 Å². The molecule has 7 heteroatoms. The van der Waals surface area contributed by atoms with Gasteiger partial charge in [0.1, 0.15) is 0 Å². The minimum Gasteiger partial charge on any atom is -0.493 e. The van der Waals surface area contributed by atoms with E-state index in [0.717, 1.165) is 12.1 Å². The minimum absolute atomic E-state index is 0.253. The average molecular weight is 365 g/mol. The number of methoxy groups -OCH3 is 2. The fourth-order valence-corrected chi connectivity index (χ4v) is 2.43. The van der Waals surface area contributed by atoms with Crippen LogP contribution in [0.2, 0.25) is 0 Å². The van der Waals surface area contributed by atoms with Crippen molar-refractivity contribution in [2.75, 3.05) is 19.5 Å². The van der Waals surface area contributed by atoms with Crippen LogP contribution in [0.4, 0.5) is 18.9 Å². The normalized spacial score (nSPS) is 11.0. The predicted molar refractivity (Wildman–Crippen MR) is 92.8 cm³/mol. The number of ether oxygens (including phenoxy) is 2. The van der Waals surface area contributed by atoms with Crippen molar-refractivity contribution < 1.29 is 27.4 Å². The van der Waals surface area contributed by atoms with Crippen molar-refractivity contribution in [1.82, 2.24) is 0 Å². The Hall–Kier alpha value is -2.96. The van der Waals surface area contributed by atoms with Crippen molar-refractivity contribution in [3.05, 3.63) is 65.7 Å². The largest absolute Gasteiger partial charge is 0.493 e. The highest BCUT2D eigenvalue weighted by molar-refractivity contribution is 6.04. The van der Waals surface area contributed by atoms with Crippen molar-refractivity contribution in [1.29, 1.82) is 0 Å². The Labute approximate surface area is 149 Å². The number of benzene rings is 2. The second-order valence-electron chi connectivity index (χ2n) is 5.39. The van der Waals surface area contributed by atoms with E-state index in [1.807, 2.05) is 0 Å². The Morgan fingerprint density at radius 1 is 1.15 bits per heavy atom. The average Bonchev–Trinajstić information content (AvgIpc) is 2.60. The number of allylic oxidation sites excluding steroid dienone is 1. The van der Waals surface area contributed by atoms with Crippen molar-refractivity contribution in [2.24, 2.45) is 0 Å². The van der Waals surface area contributed by atoms with E-state index in [1.165, 1.54) is 32.4 Å². The van der Waals surface area contributed by atoms with E-state index in [4.69, 9.17) is 9.47 Å². The topological polar surface area (TPSA) is 47.6 Å². The summed E-state index contributed by atoms with van der Waals surface area (Å²) in [5.41, 5.74) is 0.469. The summed E-state index contributed by atoms with van der Waals surface area (Å²) in [5.74, 6) is 0.402. The molecule has 1 amide bonds.